The van der Waals surface area contributed by atoms with Gasteiger partial charge in [0.25, 0.3) is 0 Å². The maximum atomic E-state index is 11.5. The van der Waals surface area contributed by atoms with Crippen molar-refractivity contribution in [1.82, 2.24) is 10.2 Å². The lowest BCUT2D eigenvalue weighted by molar-refractivity contribution is -0.134. The first kappa shape index (κ1) is 18.7. The van der Waals surface area contributed by atoms with Gasteiger partial charge in [-0.3, -0.25) is 9.69 Å². The number of para-hydroxylation sites is 1. The van der Waals surface area contributed by atoms with Crippen molar-refractivity contribution >= 4 is 5.91 Å². The summed E-state index contributed by atoms with van der Waals surface area (Å²) in [5.41, 5.74) is -0.285. The molecule has 134 valence electrons. The Morgan fingerprint density at radius 1 is 1.42 bits per heavy atom. The number of rotatable bonds is 7. The summed E-state index contributed by atoms with van der Waals surface area (Å²) in [5, 5.41) is 23.5. The van der Waals surface area contributed by atoms with E-state index in [1.807, 2.05) is 24.3 Å². The maximum Gasteiger partial charge on any atom is 0.246 e. The average molecular weight is 338 g/mol. The Hall–Kier alpha value is -1.67. The summed E-state index contributed by atoms with van der Waals surface area (Å²) in [7, 11) is 3.06. The standard InChI is InChI=1S/C17H26N2O5/c1-23-11-16(21)18-12-17(22)7-8-19(10-15(17)20)9-13-5-3-4-6-14(13)24-2/h3-6,15,20,22H,7-12H2,1-2H3,(H,18,21)/t15-,17-/m1/s1. The molecule has 0 spiro atoms. The molecule has 1 fully saturated rings. The van der Waals surface area contributed by atoms with E-state index in [2.05, 4.69) is 10.2 Å². The third-order valence-corrected chi connectivity index (χ3v) is 4.37. The number of aliphatic hydroxyl groups excluding tert-OH is 1. The number of aliphatic hydroxyl groups is 2. The van der Waals surface area contributed by atoms with Gasteiger partial charge in [0.2, 0.25) is 5.91 Å². The first-order valence-corrected chi connectivity index (χ1v) is 7.99. The van der Waals surface area contributed by atoms with Gasteiger partial charge >= 0.3 is 0 Å². The molecule has 0 bridgehead atoms. The lowest BCUT2D eigenvalue weighted by Gasteiger charge is -2.42. The first-order valence-electron chi connectivity index (χ1n) is 7.99. The minimum atomic E-state index is -1.32. The van der Waals surface area contributed by atoms with E-state index in [4.69, 9.17) is 9.47 Å². The van der Waals surface area contributed by atoms with E-state index in [9.17, 15) is 15.0 Å². The molecule has 1 amide bonds. The Kier molecular flexibility index (Phi) is 6.56. The van der Waals surface area contributed by atoms with Gasteiger partial charge in [-0.2, -0.15) is 0 Å². The molecular formula is C17H26N2O5. The van der Waals surface area contributed by atoms with Crippen molar-refractivity contribution < 1.29 is 24.5 Å². The number of ether oxygens (including phenoxy) is 2. The van der Waals surface area contributed by atoms with E-state index < -0.39 is 11.7 Å². The third kappa shape index (κ3) is 4.67. The molecule has 2 atom stereocenters. The number of piperidine rings is 1. The van der Waals surface area contributed by atoms with E-state index in [-0.39, 0.29) is 19.1 Å². The van der Waals surface area contributed by atoms with E-state index in [1.165, 1.54) is 7.11 Å². The van der Waals surface area contributed by atoms with Crippen molar-refractivity contribution in [2.45, 2.75) is 24.7 Å². The average Bonchev–Trinajstić information content (AvgIpc) is 2.57. The number of β-amino-alcohol motifs (C(OH)–C–C–N with tert-alkyl or cyclic N) is 1. The van der Waals surface area contributed by atoms with Crippen LogP contribution in [0.25, 0.3) is 0 Å². The molecule has 1 heterocycles. The van der Waals surface area contributed by atoms with Gasteiger partial charge in [-0.1, -0.05) is 18.2 Å². The quantitative estimate of drug-likeness (QED) is 0.635. The summed E-state index contributed by atoms with van der Waals surface area (Å²) in [4.78, 5) is 13.5. The van der Waals surface area contributed by atoms with Crippen LogP contribution >= 0.6 is 0 Å². The van der Waals surface area contributed by atoms with Gasteiger partial charge in [-0.25, -0.2) is 0 Å². The van der Waals surface area contributed by atoms with Crippen LogP contribution in [-0.2, 0) is 16.1 Å². The van der Waals surface area contributed by atoms with E-state index in [1.54, 1.807) is 7.11 Å². The second-order valence-corrected chi connectivity index (χ2v) is 6.13. The fourth-order valence-electron chi connectivity index (χ4n) is 2.88. The fraction of sp³-hybridized carbons (Fsp3) is 0.588. The maximum absolute atomic E-state index is 11.5. The molecule has 24 heavy (non-hydrogen) atoms. The molecule has 7 heteroatoms. The van der Waals surface area contributed by atoms with Crippen molar-refractivity contribution in [3.8, 4) is 5.75 Å². The zero-order valence-electron chi connectivity index (χ0n) is 14.2. The Morgan fingerprint density at radius 2 is 2.17 bits per heavy atom. The Morgan fingerprint density at radius 3 is 2.83 bits per heavy atom. The molecular weight excluding hydrogens is 312 g/mol. The summed E-state index contributed by atoms with van der Waals surface area (Å²) in [6.45, 7) is 1.53. The van der Waals surface area contributed by atoms with Gasteiger partial charge in [0.05, 0.1) is 13.2 Å². The Balaban J connectivity index is 1.91. The van der Waals surface area contributed by atoms with Crippen molar-refractivity contribution in [2.75, 3.05) is 40.5 Å². The zero-order valence-corrected chi connectivity index (χ0v) is 14.2. The number of hydrogen-bond donors (Lipinski definition) is 3. The third-order valence-electron chi connectivity index (χ3n) is 4.37. The van der Waals surface area contributed by atoms with Crippen molar-refractivity contribution in [2.24, 2.45) is 0 Å². The van der Waals surface area contributed by atoms with Crippen LogP contribution in [0.5, 0.6) is 5.75 Å². The highest BCUT2D eigenvalue weighted by atomic mass is 16.5. The summed E-state index contributed by atoms with van der Waals surface area (Å²) >= 11 is 0. The predicted octanol–water partition coefficient (Wildman–Crippen LogP) is -0.244. The number of amides is 1. The SMILES string of the molecule is COCC(=O)NC[C@]1(O)CCN(Cc2ccccc2OC)C[C@H]1O. The topological polar surface area (TPSA) is 91.3 Å². The fourth-order valence-corrected chi connectivity index (χ4v) is 2.88. The summed E-state index contributed by atoms with van der Waals surface area (Å²) in [6.07, 6.45) is -0.569. The van der Waals surface area contributed by atoms with Crippen LogP contribution in [0, 0.1) is 0 Å². The minimum Gasteiger partial charge on any atom is -0.496 e. The minimum absolute atomic E-state index is 0.0128. The smallest absolute Gasteiger partial charge is 0.246 e. The Bertz CT molecular complexity index is 554. The van der Waals surface area contributed by atoms with E-state index in [0.29, 0.717) is 26.1 Å². The van der Waals surface area contributed by atoms with E-state index >= 15 is 0 Å². The Labute approximate surface area is 142 Å². The normalized spacial score (nSPS) is 24.6. The zero-order chi connectivity index (χ0) is 17.6. The molecule has 0 aliphatic carbocycles. The van der Waals surface area contributed by atoms with Gasteiger partial charge in [0, 0.05) is 38.9 Å². The molecule has 7 nitrogen and oxygen atoms in total. The molecule has 3 N–H and O–H groups in total. The summed E-state index contributed by atoms with van der Waals surface area (Å²) in [5.74, 6) is 0.495. The molecule has 1 aliphatic rings. The molecule has 1 saturated heterocycles. The molecule has 0 saturated carbocycles. The molecule has 0 radical (unpaired) electrons. The lowest BCUT2D eigenvalue weighted by atomic mass is 9.88. The van der Waals surface area contributed by atoms with Gasteiger partial charge in [-0.15, -0.1) is 0 Å². The van der Waals surface area contributed by atoms with Crippen LogP contribution in [0.15, 0.2) is 24.3 Å². The number of carbonyl (C=O) groups excluding carboxylic acids is 1. The summed E-state index contributed by atoms with van der Waals surface area (Å²) < 4.78 is 10.1. The lowest BCUT2D eigenvalue weighted by Crippen LogP contribution is -2.60. The highest BCUT2D eigenvalue weighted by Crippen LogP contribution is 2.26. The molecule has 1 aromatic carbocycles. The largest absolute Gasteiger partial charge is 0.496 e. The van der Waals surface area contributed by atoms with E-state index in [0.717, 1.165) is 11.3 Å². The van der Waals surface area contributed by atoms with Gasteiger partial charge in [-0.05, 0) is 12.5 Å². The molecule has 1 aliphatic heterocycles. The second kappa shape index (κ2) is 8.43. The number of benzene rings is 1. The van der Waals surface area contributed by atoms with Gasteiger partial charge < -0.3 is 25.0 Å². The van der Waals surface area contributed by atoms with Crippen molar-refractivity contribution in [3.05, 3.63) is 29.8 Å². The molecule has 1 aromatic rings. The number of carbonyl (C=O) groups is 1. The van der Waals surface area contributed by atoms with Crippen LogP contribution in [-0.4, -0.2) is 73.2 Å². The van der Waals surface area contributed by atoms with Gasteiger partial charge in [0.15, 0.2) is 0 Å². The number of likely N-dealkylation sites (tertiary alicyclic amines) is 1. The van der Waals surface area contributed by atoms with Crippen LogP contribution < -0.4 is 10.1 Å². The number of hydrogen-bond acceptors (Lipinski definition) is 6. The van der Waals surface area contributed by atoms with Crippen LogP contribution in [0.2, 0.25) is 0 Å². The molecule has 0 unspecified atom stereocenters. The van der Waals surface area contributed by atoms with Crippen LogP contribution in [0.1, 0.15) is 12.0 Å². The number of methoxy groups -OCH3 is 2. The van der Waals surface area contributed by atoms with Crippen molar-refractivity contribution in [3.63, 3.8) is 0 Å². The summed E-state index contributed by atoms with van der Waals surface area (Å²) in [6, 6.07) is 7.74. The van der Waals surface area contributed by atoms with Crippen molar-refractivity contribution in [1.29, 1.82) is 0 Å². The number of nitrogens with one attached hydrogen (secondary N) is 1. The first-order chi connectivity index (χ1) is 11.5. The molecule has 0 aromatic heterocycles. The van der Waals surface area contributed by atoms with Gasteiger partial charge in [0.1, 0.15) is 18.0 Å². The van der Waals surface area contributed by atoms with Crippen LogP contribution in [0.4, 0.5) is 0 Å². The monoisotopic (exact) mass is 338 g/mol. The molecule has 2 rings (SSSR count). The predicted molar refractivity (Wildman–Crippen MR) is 88.7 cm³/mol. The highest BCUT2D eigenvalue weighted by molar-refractivity contribution is 5.77. The second-order valence-electron chi connectivity index (χ2n) is 6.13. The van der Waals surface area contributed by atoms with Crippen LogP contribution in [0.3, 0.4) is 0 Å². The number of nitrogens with zero attached hydrogens (tertiary/aromatic N) is 1. The highest BCUT2D eigenvalue weighted by Gasteiger charge is 2.40.